The van der Waals surface area contributed by atoms with Crippen LogP contribution in [0, 0.1) is 0 Å². The maximum Gasteiger partial charge on any atom is 0.343 e. The molecule has 0 aliphatic rings. The average Bonchev–Trinajstić information content (AvgIpc) is 2.92. The summed E-state index contributed by atoms with van der Waals surface area (Å²) in [6, 6.07) is 9.53. The van der Waals surface area contributed by atoms with Crippen LogP contribution >= 0.6 is 11.6 Å². The van der Waals surface area contributed by atoms with Crippen LogP contribution in [0.25, 0.3) is 0 Å². The minimum absolute atomic E-state index is 0.0980. The molecular weight excluding hydrogens is 298 g/mol. The van der Waals surface area contributed by atoms with E-state index < -0.39 is 11.9 Å². The molecule has 0 aliphatic carbocycles. The Labute approximate surface area is 125 Å². The Hall–Kier alpha value is -2.47. The molecule has 1 aromatic carbocycles. The molecule has 0 fully saturated rings. The van der Waals surface area contributed by atoms with Crippen LogP contribution in [0.4, 0.5) is 5.69 Å². The van der Waals surface area contributed by atoms with E-state index in [4.69, 9.17) is 20.8 Å². The second kappa shape index (κ2) is 6.81. The number of hydrogen-bond donors (Lipinski definition) is 1. The summed E-state index contributed by atoms with van der Waals surface area (Å²) in [4.78, 5) is 22.9. The minimum atomic E-state index is -0.491. The zero-order valence-electron chi connectivity index (χ0n) is 11.1. The summed E-state index contributed by atoms with van der Waals surface area (Å²) in [5.74, 6) is -0.404. The first kappa shape index (κ1) is 14.9. The van der Waals surface area contributed by atoms with Crippen LogP contribution in [0.15, 0.2) is 40.8 Å². The highest BCUT2D eigenvalue weighted by atomic mass is 35.5. The summed E-state index contributed by atoms with van der Waals surface area (Å²) in [6.07, 6.45) is 0. The van der Waals surface area contributed by atoms with E-state index in [9.17, 15) is 9.59 Å². The van der Waals surface area contributed by atoms with Gasteiger partial charge in [0.05, 0.1) is 7.11 Å². The Morgan fingerprint density at radius 1 is 1.29 bits per heavy atom. The third-order valence-electron chi connectivity index (χ3n) is 2.47. The van der Waals surface area contributed by atoms with Crippen molar-refractivity contribution in [1.82, 2.24) is 0 Å². The van der Waals surface area contributed by atoms with Gasteiger partial charge in [-0.2, -0.15) is 0 Å². The third-order valence-corrected chi connectivity index (χ3v) is 2.68. The van der Waals surface area contributed by atoms with Crippen molar-refractivity contribution in [3.63, 3.8) is 0 Å². The lowest BCUT2D eigenvalue weighted by atomic mass is 10.3. The zero-order chi connectivity index (χ0) is 15.2. The monoisotopic (exact) mass is 309 g/mol. The van der Waals surface area contributed by atoms with Gasteiger partial charge in [-0.15, -0.1) is 0 Å². The SMILES string of the molecule is COC(=O)COc1cccc(NC(=O)c2ccc(Cl)o2)c1. The van der Waals surface area contributed by atoms with Gasteiger partial charge in [0.1, 0.15) is 5.75 Å². The molecule has 0 aliphatic heterocycles. The van der Waals surface area contributed by atoms with Gasteiger partial charge < -0.3 is 19.2 Å². The Kier molecular flexibility index (Phi) is 4.84. The maximum atomic E-state index is 11.9. The summed E-state index contributed by atoms with van der Waals surface area (Å²) < 4.78 is 14.7. The maximum absolute atomic E-state index is 11.9. The number of furan rings is 1. The number of esters is 1. The summed E-state index contributed by atoms with van der Waals surface area (Å²) in [5, 5.41) is 2.76. The molecule has 21 heavy (non-hydrogen) atoms. The van der Waals surface area contributed by atoms with E-state index in [0.29, 0.717) is 11.4 Å². The quantitative estimate of drug-likeness (QED) is 0.859. The number of nitrogens with one attached hydrogen (secondary N) is 1. The molecule has 6 nitrogen and oxygen atoms in total. The van der Waals surface area contributed by atoms with E-state index in [2.05, 4.69) is 10.1 Å². The average molecular weight is 310 g/mol. The molecule has 1 aromatic heterocycles. The van der Waals surface area contributed by atoms with Crippen LogP contribution in [0.5, 0.6) is 5.75 Å². The normalized spacial score (nSPS) is 10.0. The van der Waals surface area contributed by atoms with E-state index in [1.807, 2.05) is 0 Å². The van der Waals surface area contributed by atoms with Crippen molar-refractivity contribution >= 4 is 29.2 Å². The van der Waals surface area contributed by atoms with Crippen molar-refractivity contribution in [1.29, 1.82) is 0 Å². The van der Waals surface area contributed by atoms with Crippen LogP contribution in [-0.2, 0) is 9.53 Å². The number of carbonyl (C=O) groups excluding carboxylic acids is 2. The van der Waals surface area contributed by atoms with E-state index >= 15 is 0 Å². The minimum Gasteiger partial charge on any atom is -0.482 e. The fraction of sp³-hybridized carbons (Fsp3) is 0.143. The van der Waals surface area contributed by atoms with Gasteiger partial charge in [-0.25, -0.2) is 4.79 Å². The molecule has 0 unspecified atom stereocenters. The molecule has 2 rings (SSSR count). The molecule has 1 N–H and O–H groups in total. The third kappa shape index (κ3) is 4.25. The molecule has 0 bridgehead atoms. The van der Waals surface area contributed by atoms with E-state index in [0.717, 1.165) is 0 Å². The highest BCUT2D eigenvalue weighted by molar-refractivity contribution is 6.29. The molecule has 1 heterocycles. The van der Waals surface area contributed by atoms with Crippen molar-refractivity contribution in [2.24, 2.45) is 0 Å². The standard InChI is InChI=1S/C14H12ClNO5/c1-19-13(17)8-20-10-4-2-3-9(7-10)16-14(18)11-5-6-12(15)21-11/h2-7H,8H2,1H3,(H,16,18). The number of benzene rings is 1. The van der Waals surface area contributed by atoms with Crippen LogP contribution in [0.3, 0.4) is 0 Å². The van der Waals surface area contributed by atoms with Crippen LogP contribution in [0.1, 0.15) is 10.6 Å². The number of amides is 1. The number of ether oxygens (including phenoxy) is 2. The molecule has 0 radical (unpaired) electrons. The van der Waals surface area contributed by atoms with Gasteiger partial charge in [0, 0.05) is 11.8 Å². The fourth-order valence-electron chi connectivity index (χ4n) is 1.49. The molecule has 7 heteroatoms. The van der Waals surface area contributed by atoms with Crippen LogP contribution < -0.4 is 10.1 Å². The highest BCUT2D eigenvalue weighted by Gasteiger charge is 2.11. The van der Waals surface area contributed by atoms with Gasteiger partial charge in [-0.05, 0) is 35.9 Å². The smallest absolute Gasteiger partial charge is 0.343 e. The molecule has 0 saturated heterocycles. The van der Waals surface area contributed by atoms with Crippen LogP contribution in [0.2, 0.25) is 5.22 Å². The van der Waals surface area contributed by atoms with Crippen molar-refractivity contribution in [2.75, 3.05) is 19.0 Å². The summed E-state index contributed by atoms with van der Waals surface area (Å²) in [5.41, 5.74) is 0.495. The lowest BCUT2D eigenvalue weighted by Crippen LogP contribution is -2.13. The van der Waals surface area contributed by atoms with Crippen molar-refractivity contribution in [3.8, 4) is 5.75 Å². The molecule has 110 valence electrons. The Morgan fingerprint density at radius 2 is 2.10 bits per heavy atom. The first-order valence-electron chi connectivity index (χ1n) is 5.95. The largest absolute Gasteiger partial charge is 0.482 e. The first-order chi connectivity index (χ1) is 10.1. The second-order valence-electron chi connectivity index (χ2n) is 3.95. The van der Waals surface area contributed by atoms with E-state index in [-0.39, 0.29) is 17.6 Å². The lowest BCUT2D eigenvalue weighted by Gasteiger charge is -2.07. The number of methoxy groups -OCH3 is 1. The Morgan fingerprint density at radius 3 is 2.76 bits per heavy atom. The molecule has 0 spiro atoms. The molecule has 0 saturated carbocycles. The van der Waals surface area contributed by atoms with Gasteiger partial charge in [0.2, 0.25) is 0 Å². The van der Waals surface area contributed by atoms with Crippen molar-refractivity contribution in [3.05, 3.63) is 47.4 Å². The van der Waals surface area contributed by atoms with Gasteiger partial charge in [-0.1, -0.05) is 6.07 Å². The molecule has 2 aromatic rings. The fourth-order valence-corrected chi connectivity index (χ4v) is 1.64. The van der Waals surface area contributed by atoms with Gasteiger partial charge in [0.15, 0.2) is 17.6 Å². The van der Waals surface area contributed by atoms with Crippen molar-refractivity contribution in [2.45, 2.75) is 0 Å². The topological polar surface area (TPSA) is 77.8 Å². The highest BCUT2D eigenvalue weighted by Crippen LogP contribution is 2.19. The van der Waals surface area contributed by atoms with E-state index in [1.165, 1.54) is 19.2 Å². The Balaban J connectivity index is 2.00. The van der Waals surface area contributed by atoms with Crippen molar-refractivity contribution < 1.29 is 23.5 Å². The number of anilines is 1. The molecule has 0 atom stereocenters. The van der Waals surface area contributed by atoms with Gasteiger partial charge in [0.25, 0.3) is 5.91 Å². The van der Waals surface area contributed by atoms with Crippen LogP contribution in [-0.4, -0.2) is 25.6 Å². The summed E-state index contributed by atoms with van der Waals surface area (Å²) in [6.45, 7) is -0.207. The zero-order valence-corrected chi connectivity index (χ0v) is 11.8. The van der Waals surface area contributed by atoms with Gasteiger partial charge >= 0.3 is 5.97 Å². The predicted molar refractivity (Wildman–Crippen MR) is 75.6 cm³/mol. The predicted octanol–water partition coefficient (Wildman–Crippen LogP) is 2.74. The number of halogens is 1. The summed E-state index contributed by atoms with van der Waals surface area (Å²) >= 11 is 5.61. The van der Waals surface area contributed by atoms with Gasteiger partial charge in [-0.3, -0.25) is 4.79 Å². The first-order valence-corrected chi connectivity index (χ1v) is 6.32. The lowest BCUT2D eigenvalue weighted by molar-refractivity contribution is -0.142. The molecule has 1 amide bonds. The number of hydrogen-bond acceptors (Lipinski definition) is 5. The number of rotatable bonds is 5. The number of carbonyl (C=O) groups is 2. The Bertz CT molecular complexity index is 652. The molecular formula is C14H12ClNO5. The summed E-state index contributed by atoms with van der Waals surface area (Å²) in [7, 11) is 1.27. The second-order valence-corrected chi connectivity index (χ2v) is 4.32. The van der Waals surface area contributed by atoms with E-state index in [1.54, 1.807) is 24.3 Å².